The Bertz CT molecular complexity index is 1110. The fourth-order valence-corrected chi connectivity index (χ4v) is 5.36. The highest BCUT2D eigenvalue weighted by atomic mass is 32.2. The molecule has 1 aromatic rings. The van der Waals surface area contributed by atoms with E-state index in [1.807, 2.05) is 38.1 Å². The molecular formula is C25H37N3O9S. The van der Waals surface area contributed by atoms with Gasteiger partial charge in [-0.2, -0.15) is 8.42 Å². The van der Waals surface area contributed by atoms with Crippen LogP contribution in [0.1, 0.15) is 51.0 Å². The van der Waals surface area contributed by atoms with Gasteiger partial charge in [-0.15, -0.1) is 0 Å². The molecule has 38 heavy (non-hydrogen) atoms. The quantitative estimate of drug-likeness (QED) is 0.223. The minimum Gasteiger partial charge on any atom is -0.496 e. The maximum absolute atomic E-state index is 13.1. The Hall–Kier alpha value is -2.90. The van der Waals surface area contributed by atoms with Gasteiger partial charge in [0.2, 0.25) is 17.3 Å². The standard InChI is InChI=1S/C25H37N3O9S/c1-14(2)10-19(23(30)27-20(24(31)38(33,34)35)12-15-8-9-26-22(15)29)28-25(32)37-13-16-11-18(16)17-6-4-5-7-21(17)36-3/h4-7,14-16,18-20,24,31H,8-13H2,1-3H3,(H,26,29)(H,27,30)(H,28,32)(H,33,34,35)/t15-,16-,18+,19+,20+,24?/m1/s1. The summed E-state index contributed by atoms with van der Waals surface area (Å²) >= 11 is 0. The van der Waals surface area contributed by atoms with E-state index < -0.39 is 45.6 Å². The van der Waals surface area contributed by atoms with E-state index >= 15 is 0 Å². The van der Waals surface area contributed by atoms with Crippen LogP contribution in [0.25, 0.3) is 0 Å². The van der Waals surface area contributed by atoms with E-state index in [1.54, 1.807) is 7.11 Å². The van der Waals surface area contributed by atoms with Crippen LogP contribution in [-0.2, 0) is 24.4 Å². The van der Waals surface area contributed by atoms with E-state index in [4.69, 9.17) is 9.47 Å². The summed E-state index contributed by atoms with van der Waals surface area (Å²) in [6.07, 6.45) is 0.406. The smallest absolute Gasteiger partial charge is 0.407 e. The van der Waals surface area contributed by atoms with Gasteiger partial charge in [0.15, 0.2) is 0 Å². The van der Waals surface area contributed by atoms with Crippen molar-refractivity contribution < 1.29 is 41.9 Å². The Morgan fingerprint density at radius 3 is 2.53 bits per heavy atom. The second-order valence-electron chi connectivity index (χ2n) is 10.3. The van der Waals surface area contributed by atoms with Gasteiger partial charge in [-0.1, -0.05) is 32.0 Å². The number of nitrogens with one attached hydrogen (secondary N) is 3. The molecule has 1 saturated carbocycles. The van der Waals surface area contributed by atoms with Crippen molar-refractivity contribution in [1.29, 1.82) is 0 Å². The summed E-state index contributed by atoms with van der Waals surface area (Å²) in [4.78, 5) is 37.6. The Morgan fingerprint density at radius 2 is 1.92 bits per heavy atom. The van der Waals surface area contributed by atoms with E-state index in [-0.39, 0.29) is 43.1 Å². The third kappa shape index (κ3) is 8.05. The fraction of sp³-hybridized carbons (Fsp3) is 0.640. The van der Waals surface area contributed by atoms with Crippen molar-refractivity contribution in [2.75, 3.05) is 20.3 Å². The van der Waals surface area contributed by atoms with Crippen molar-refractivity contribution in [3.63, 3.8) is 0 Å². The molecule has 2 aliphatic rings. The highest BCUT2D eigenvalue weighted by molar-refractivity contribution is 7.86. The molecule has 3 rings (SSSR count). The van der Waals surface area contributed by atoms with Crippen LogP contribution in [0.2, 0.25) is 0 Å². The number of benzene rings is 1. The second kappa shape index (κ2) is 12.8. The van der Waals surface area contributed by atoms with Crippen molar-refractivity contribution in [3.8, 4) is 5.75 Å². The van der Waals surface area contributed by atoms with Crippen molar-refractivity contribution in [1.82, 2.24) is 16.0 Å². The van der Waals surface area contributed by atoms with E-state index in [0.717, 1.165) is 17.7 Å². The second-order valence-corrected chi connectivity index (χ2v) is 11.8. The molecule has 2 fully saturated rings. The van der Waals surface area contributed by atoms with Crippen LogP contribution >= 0.6 is 0 Å². The highest BCUT2D eigenvalue weighted by Crippen LogP contribution is 2.50. The number of para-hydroxylation sites is 1. The molecule has 1 heterocycles. The number of ether oxygens (including phenoxy) is 2. The van der Waals surface area contributed by atoms with E-state index in [2.05, 4.69) is 16.0 Å². The lowest BCUT2D eigenvalue weighted by Gasteiger charge is -2.27. The summed E-state index contributed by atoms with van der Waals surface area (Å²) in [5.74, 6) is -0.693. The van der Waals surface area contributed by atoms with Crippen LogP contribution in [-0.4, -0.2) is 73.8 Å². The number of hydrogen-bond donors (Lipinski definition) is 5. The van der Waals surface area contributed by atoms with Gasteiger partial charge in [-0.25, -0.2) is 4.79 Å². The normalized spacial score (nSPS) is 23.2. The molecule has 1 unspecified atom stereocenters. The SMILES string of the molecule is COc1ccccc1[C@H]1C[C@@H]1COC(=O)N[C@@H](CC(C)C)C(=O)N[C@@H](C[C@H]1CCNC1=O)C(O)S(=O)(=O)O. The van der Waals surface area contributed by atoms with Gasteiger partial charge in [0, 0.05) is 18.4 Å². The summed E-state index contributed by atoms with van der Waals surface area (Å²) in [6.45, 7) is 4.20. The van der Waals surface area contributed by atoms with Gasteiger partial charge in [-0.05, 0) is 49.1 Å². The van der Waals surface area contributed by atoms with Crippen molar-refractivity contribution in [2.24, 2.45) is 17.8 Å². The Kier molecular flexibility index (Phi) is 9.96. The highest BCUT2D eigenvalue weighted by Gasteiger charge is 2.41. The number of hydrogen-bond acceptors (Lipinski definition) is 8. The zero-order valence-corrected chi connectivity index (χ0v) is 22.6. The molecule has 0 radical (unpaired) electrons. The number of carbonyl (C=O) groups is 3. The molecule has 1 saturated heterocycles. The zero-order chi connectivity index (χ0) is 28.0. The van der Waals surface area contributed by atoms with Crippen molar-refractivity contribution in [3.05, 3.63) is 29.8 Å². The summed E-state index contributed by atoms with van der Waals surface area (Å²) in [5.41, 5.74) is -1.30. The number of alkyl carbamates (subject to hydrolysis) is 1. The number of aliphatic hydroxyl groups is 1. The van der Waals surface area contributed by atoms with Gasteiger partial charge in [0.05, 0.1) is 19.8 Å². The lowest BCUT2D eigenvalue weighted by Crippen LogP contribution is -2.55. The lowest BCUT2D eigenvalue weighted by molar-refractivity contribution is -0.126. The van der Waals surface area contributed by atoms with E-state index in [1.165, 1.54) is 0 Å². The summed E-state index contributed by atoms with van der Waals surface area (Å²) < 4.78 is 43.4. The van der Waals surface area contributed by atoms with Crippen LogP contribution in [0, 0.1) is 17.8 Å². The molecule has 12 nitrogen and oxygen atoms in total. The molecule has 212 valence electrons. The summed E-state index contributed by atoms with van der Waals surface area (Å²) in [6, 6.07) is 5.08. The predicted molar refractivity (Wildman–Crippen MR) is 137 cm³/mol. The molecule has 1 aliphatic heterocycles. The number of rotatable bonds is 13. The molecule has 6 atom stereocenters. The van der Waals surface area contributed by atoms with Crippen LogP contribution in [0.5, 0.6) is 5.75 Å². The molecule has 1 aromatic carbocycles. The molecule has 1 aliphatic carbocycles. The average Bonchev–Trinajstić information content (AvgIpc) is 3.53. The Balaban J connectivity index is 1.60. The maximum Gasteiger partial charge on any atom is 0.407 e. The van der Waals surface area contributed by atoms with Crippen molar-refractivity contribution >= 4 is 28.0 Å². The number of methoxy groups -OCH3 is 1. The molecule has 0 spiro atoms. The molecular weight excluding hydrogens is 518 g/mol. The van der Waals surface area contributed by atoms with Gasteiger partial charge in [0.25, 0.3) is 10.1 Å². The number of carbonyl (C=O) groups excluding carboxylic acids is 3. The van der Waals surface area contributed by atoms with Crippen LogP contribution in [0.4, 0.5) is 4.79 Å². The van der Waals surface area contributed by atoms with Gasteiger partial charge >= 0.3 is 6.09 Å². The average molecular weight is 556 g/mol. The van der Waals surface area contributed by atoms with Crippen LogP contribution in [0.15, 0.2) is 24.3 Å². The van der Waals surface area contributed by atoms with Gasteiger partial charge in [-0.3, -0.25) is 14.1 Å². The third-order valence-corrected chi connectivity index (χ3v) is 7.82. The Labute approximate surface area is 222 Å². The molecule has 5 N–H and O–H groups in total. The van der Waals surface area contributed by atoms with Gasteiger partial charge in [0.1, 0.15) is 11.8 Å². The molecule has 0 aromatic heterocycles. The molecule has 0 bridgehead atoms. The zero-order valence-electron chi connectivity index (χ0n) is 21.8. The Morgan fingerprint density at radius 1 is 1.21 bits per heavy atom. The first-order valence-corrected chi connectivity index (χ1v) is 14.2. The first-order valence-electron chi connectivity index (χ1n) is 12.7. The summed E-state index contributed by atoms with van der Waals surface area (Å²) in [7, 11) is -3.34. The predicted octanol–water partition coefficient (Wildman–Crippen LogP) is 1.16. The number of amides is 3. The maximum atomic E-state index is 13.1. The minimum atomic E-state index is -4.93. The monoisotopic (exact) mass is 555 g/mol. The van der Waals surface area contributed by atoms with Gasteiger partial charge < -0.3 is 30.5 Å². The van der Waals surface area contributed by atoms with Crippen LogP contribution < -0.4 is 20.7 Å². The van der Waals surface area contributed by atoms with Crippen molar-refractivity contribution in [2.45, 2.75) is 63.0 Å². The minimum absolute atomic E-state index is 0.0324. The molecule has 13 heteroatoms. The summed E-state index contributed by atoms with van der Waals surface area (Å²) in [5, 5.41) is 17.7. The van der Waals surface area contributed by atoms with E-state index in [0.29, 0.717) is 13.0 Å². The number of aliphatic hydroxyl groups excluding tert-OH is 1. The topological polar surface area (TPSA) is 180 Å². The van der Waals surface area contributed by atoms with Crippen LogP contribution in [0.3, 0.4) is 0 Å². The molecule has 3 amide bonds. The third-order valence-electron chi connectivity index (χ3n) is 6.88. The fourth-order valence-electron chi connectivity index (χ4n) is 4.77. The largest absolute Gasteiger partial charge is 0.496 e. The lowest BCUT2D eigenvalue weighted by atomic mass is 9.97. The van der Waals surface area contributed by atoms with E-state index in [9.17, 15) is 32.5 Å². The first-order chi connectivity index (χ1) is 17.9. The first kappa shape index (κ1) is 29.7.